The standard InChI is InChI=1S/C15H19IN2O3/c1-4-21-14(19)9-13(10(2)3)18-15(20)17-12-7-5-11(16)6-8-12/h5-10H,4H2,1-3H3,(H2,17,18,20)/b13-9+. The summed E-state index contributed by atoms with van der Waals surface area (Å²) in [4.78, 5) is 23.4. The molecule has 0 aliphatic rings. The van der Waals surface area contributed by atoms with Crippen molar-refractivity contribution in [2.24, 2.45) is 5.92 Å². The zero-order chi connectivity index (χ0) is 15.8. The third-order valence-electron chi connectivity index (χ3n) is 2.54. The third-order valence-corrected chi connectivity index (χ3v) is 3.26. The van der Waals surface area contributed by atoms with Crippen LogP contribution in [0.25, 0.3) is 0 Å². The van der Waals surface area contributed by atoms with Gasteiger partial charge >= 0.3 is 12.0 Å². The molecule has 0 saturated heterocycles. The van der Waals surface area contributed by atoms with Crippen molar-refractivity contribution in [3.63, 3.8) is 0 Å². The van der Waals surface area contributed by atoms with Crippen LogP contribution in [0.5, 0.6) is 0 Å². The Morgan fingerprint density at radius 2 is 1.90 bits per heavy atom. The number of hydrogen-bond acceptors (Lipinski definition) is 3. The summed E-state index contributed by atoms with van der Waals surface area (Å²) in [5.74, 6) is -0.465. The predicted molar refractivity (Wildman–Crippen MR) is 90.9 cm³/mol. The molecule has 2 amide bonds. The van der Waals surface area contributed by atoms with Crippen molar-refractivity contribution in [3.05, 3.63) is 39.6 Å². The molecule has 2 N–H and O–H groups in total. The summed E-state index contributed by atoms with van der Waals surface area (Å²) < 4.78 is 5.93. The summed E-state index contributed by atoms with van der Waals surface area (Å²) in [7, 11) is 0. The highest BCUT2D eigenvalue weighted by Gasteiger charge is 2.11. The lowest BCUT2D eigenvalue weighted by Crippen LogP contribution is -2.30. The first kappa shape index (κ1) is 17.5. The van der Waals surface area contributed by atoms with Crippen molar-refractivity contribution < 1.29 is 14.3 Å². The molecule has 0 aliphatic carbocycles. The second-order valence-corrected chi connectivity index (χ2v) is 5.84. The van der Waals surface area contributed by atoms with Gasteiger partial charge in [0.15, 0.2) is 0 Å². The van der Waals surface area contributed by atoms with Crippen LogP contribution in [0.4, 0.5) is 10.5 Å². The van der Waals surface area contributed by atoms with Crippen LogP contribution in [-0.2, 0) is 9.53 Å². The second kappa shape index (κ2) is 8.66. The molecule has 0 spiro atoms. The first-order valence-corrected chi connectivity index (χ1v) is 7.72. The molecule has 1 aromatic carbocycles. The van der Waals surface area contributed by atoms with Crippen LogP contribution in [0.15, 0.2) is 36.0 Å². The zero-order valence-corrected chi connectivity index (χ0v) is 14.4. The van der Waals surface area contributed by atoms with Crippen molar-refractivity contribution in [2.75, 3.05) is 11.9 Å². The molecule has 1 aromatic rings. The van der Waals surface area contributed by atoms with Crippen molar-refractivity contribution >= 4 is 40.3 Å². The van der Waals surface area contributed by atoms with Gasteiger partial charge < -0.3 is 15.4 Å². The van der Waals surface area contributed by atoms with Gasteiger partial charge in [0.05, 0.1) is 6.61 Å². The molecule has 0 radical (unpaired) electrons. The molecule has 0 bridgehead atoms. The minimum absolute atomic E-state index is 0.00289. The number of allylic oxidation sites excluding steroid dienone is 1. The molecule has 6 heteroatoms. The van der Waals surface area contributed by atoms with E-state index in [1.54, 1.807) is 6.92 Å². The second-order valence-electron chi connectivity index (χ2n) is 4.59. The van der Waals surface area contributed by atoms with E-state index in [9.17, 15) is 9.59 Å². The molecule has 21 heavy (non-hydrogen) atoms. The molecule has 0 aromatic heterocycles. The lowest BCUT2D eigenvalue weighted by atomic mass is 10.1. The van der Waals surface area contributed by atoms with Gasteiger partial charge in [-0.3, -0.25) is 0 Å². The number of carbonyl (C=O) groups excluding carboxylic acids is 2. The van der Waals surface area contributed by atoms with Crippen molar-refractivity contribution in [1.29, 1.82) is 0 Å². The number of nitrogens with one attached hydrogen (secondary N) is 2. The highest BCUT2D eigenvalue weighted by Crippen LogP contribution is 2.12. The van der Waals surface area contributed by atoms with Crippen LogP contribution in [0.2, 0.25) is 0 Å². The van der Waals surface area contributed by atoms with Gasteiger partial charge in [-0.05, 0) is 59.7 Å². The highest BCUT2D eigenvalue weighted by molar-refractivity contribution is 14.1. The number of ether oxygens (including phenoxy) is 1. The van der Waals surface area contributed by atoms with Gasteiger partial charge in [-0.1, -0.05) is 13.8 Å². The largest absolute Gasteiger partial charge is 0.463 e. The van der Waals surface area contributed by atoms with Gasteiger partial charge in [-0.2, -0.15) is 0 Å². The fourth-order valence-electron chi connectivity index (χ4n) is 1.48. The lowest BCUT2D eigenvalue weighted by molar-refractivity contribution is -0.137. The lowest BCUT2D eigenvalue weighted by Gasteiger charge is -2.14. The Bertz CT molecular complexity index is 524. The van der Waals surface area contributed by atoms with E-state index in [0.29, 0.717) is 18.0 Å². The normalized spacial score (nSPS) is 11.2. The van der Waals surface area contributed by atoms with Crippen LogP contribution in [0.3, 0.4) is 0 Å². The summed E-state index contributed by atoms with van der Waals surface area (Å²) in [6.45, 7) is 5.81. The highest BCUT2D eigenvalue weighted by atomic mass is 127. The quantitative estimate of drug-likeness (QED) is 0.450. The Morgan fingerprint density at radius 3 is 2.43 bits per heavy atom. The van der Waals surface area contributed by atoms with E-state index in [0.717, 1.165) is 3.57 Å². The van der Waals surface area contributed by atoms with Gasteiger partial charge in [0, 0.05) is 21.0 Å². The van der Waals surface area contributed by atoms with Crippen LogP contribution < -0.4 is 10.6 Å². The van der Waals surface area contributed by atoms with E-state index in [1.165, 1.54) is 6.08 Å². The van der Waals surface area contributed by atoms with Crippen molar-refractivity contribution in [2.45, 2.75) is 20.8 Å². The Balaban J connectivity index is 2.68. The molecule has 0 saturated carbocycles. The fraction of sp³-hybridized carbons (Fsp3) is 0.333. The van der Waals surface area contributed by atoms with Gasteiger partial charge in [0.2, 0.25) is 0 Å². The Morgan fingerprint density at radius 1 is 1.29 bits per heavy atom. The molecule has 0 heterocycles. The molecular formula is C15H19IN2O3. The number of esters is 1. The smallest absolute Gasteiger partial charge is 0.332 e. The third kappa shape index (κ3) is 6.61. The summed E-state index contributed by atoms with van der Waals surface area (Å²) >= 11 is 2.19. The fourth-order valence-corrected chi connectivity index (χ4v) is 1.84. The SMILES string of the molecule is CCOC(=O)/C=C(/NC(=O)Nc1ccc(I)cc1)C(C)C. The average Bonchev–Trinajstić information content (AvgIpc) is 2.41. The number of benzene rings is 1. The maximum Gasteiger partial charge on any atom is 0.332 e. The van der Waals surface area contributed by atoms with Gasteiger partial charge in [-0.15, -0.1) is 0 Å². The number of rotatable bonds is 5. The molecule has 1 rings (SSSR count). The Kier molecular flexibility index (Phi) is 7.21. The average molecular weight is 402 g/mol. The number of carbonyl (C=O) groups is 2. The van der Waals surface area contributed by atoms with Crippen molar-refractivity contribution in [1.82, 2.24) is 5.32 Å². The Hall–Kier alpha value is -1.57. The molecular weight excluding hydrogens is 383 g/mol. The molecule has 0 fully saturated rings. The first-order valence-electron chi connectivity index (χ1n) is 6.64. The monoisotopic (exact) mass is 402 g/mol. The van der Waals surface area contributed by atoms with E-state index in [-0.39, 0.29) is 11.9 Å². The minimum atomic E-state index is -0.462. The van der Waals surface area contributed by atoms with Gasteiger partial charge in [0.1, 0.15) is 0 Å². The van der Waals surface area contributed by atoms with E-state index in [2.05, 4.69) is 33.2 Å². The Labute approximate surface area is 138 Å². The van der Waals surface area contributed by atoms with Crippen LogP contribution in [-0.4, -0.2) is 18.6 Å². The van der Waals surface area contributed by atoms with E-state index >= 15 is 0 Å². The van der Waals surface area contributed by atoms with Crippen LogP contribution in [0.1, 0.15) is 20.8 Å². The number of anilines is 1. The molecule has 0 aliphatic heterocycles. The van der Waals surface area contributed by atoms with Crippen LogP contribution >= 0.6 is 22.6 Å². The molecule has 114 valence electrons. The topological polar surface area (TPSA) is 67.4 Å². The predicted octanol–water partition coefficient (Wildman–Crippen LogP) is 3.52. The van der Waals surface area contributed by atoms with Gasteiger partial charge in [-0.25, -0.2) is 9.59 Å². The number of urea groups is 1. The summed E-state index contributed by atoms with van der Waals surface area (Å²) in [5.41, 5.74) is 1.20. The van der Waals surface area contributed by atoms with Crippen LogP contribution in [0, 0.1) is 9.49 Å². The number of amides is 2. The number of halogens is 1. The first-order chi connectivity index (χ1) is 9.92. The molecule has 5 nitrogen and oxygen atoms in total. The molecule has 0 atom stereocenters. The molecule has 0 unspecified atom stereocenters. The zero-order valence-electron chi connectivity index (χ0n) is 12.3. The van der Waals surface area contributed by atoms with E-state index < -0.39 is 5.97 Å². The summed E-state index contributed by atoms with van der Waals surface area (Å²) in [6.07, 6.45) is 1.31. The van der Waals surface area contributed by atoms with E-state index in [4.69, 9.17) is 4.74 Å². The number of hydrogen-bond donors (Lipinski definition) is 2. The summed E-state index contributed by atoms with van der Waals surface area (Å²) in [6, 6.07) is 7.03. The summed E-state index contributed by atoms with van der Waals surface area (Å²) in [5, 5.41) is 5.39. The maximum absolute atomic E-state index is 11.9. The minimum Gasteiger partial charge on any atom is -0.463 e. The van der Waals surface area contributed by atoms with Gasteiger partial charge in [0.25, 0.3) is 0 Å². The van der Waals surface area contributed by atoms with E-state index in [1.807, 2.05) is 38.1 Å². The van der Waals surface area contributed by atoms with Crippen molar-refractivity contribution in [3.8, 4) is 0 Å². The maximum atomic E-state index is 11.9.